The Hall–Kier alpha value is -0.0100. The molecule has 0 aliphatic rings. The maximum Gasteiger partial charge on any atom is 0.0647 e. The van der Waals surface area contributed by atoms with Gasteiger partial charge in [-0.05, 0) is 6.92 Å². The zero-order chi connectivity index (χ0) is 6.24. The molecular weight excluding hydrogens is 124 g/mol. The molecule has 0 N–H and O–H groups in total. The van der Waals surface area contributed by atoms with Crippen LogP contribution in [0.4, 0.5) is 0 Å². The highest BCUT2D eigenvalue weighted by Crippen LogP contribution is 1.79. The Morgan fingerprint density at radius 1 is 1.50 bits per heavy atom. The molecule has 0 bridgehead atoms. The van der Waals surface area contributed by atoms with Gasteiger partial charge in [-0.15, -0.1) is 11.6 Å². The van der Waals surface area contributed by atoms with E-state index in [-0.39, 0.29) is 0 Å². The van der Waals surface area contributed by atoms with Crippen LogP contribution in [0.1, 0.15) is 6.92 Å². The summed E-state index contributed by atoms with van der Waals surface area (Å²) in [7, 11) is 0. The number of allylic oxidation sites excluding steroid dienone is 1. The molecular formula is C6H11ClO. The number of hydrogen-bond donors (Lipinski definition) is 0. The van der Waals surface area contributed by atoms with Gasteiger partial charge < -0.3 is 4.74 Å². The van der Waals surface area contributed by atoms with Crippen LogP contribution in [0.15, 0.2) is 12.2 Å². The van der Waals surface area contributed by atoms with E-state index >= 15 is 0 Å². The van der Waals surface area contributed by atoms with Gasteiger partial charge in [0.15, 0.2) is 0 Å². The van der Waals surface area contributed by atoms with E-state index in [2.05, 4.69) is 0 Å². The molecule has 0 saturated carbocycles. The molecule has 0 aromatic carbocycles. The molecule has 0 rings (SSSR count). The SMILES string of the molecule is CCOCC=CCCl. The summed E-state index contributed by atoms with van der Waals surface area (Å²) in [5.74, 6) is 0.576. The number of hydrogen-bond acceptors (Lipinski definition) is 1. The van der Waals surface area contributed by atoms with Crippen molar-refractivity contribution < 1.29 is 4.74 Å². The average molecular weight is 135 g/mol. The molecule has 0 unspecified atom stereocenters. The summed E-state index contributed by atoms with van der Waals surface area (Å²) in [6.07, 6.45) is 3.79. The summed E-state index contributed by atoms with van der Waals surface area (Å²) in [4.78, 5) is 0. The van der Waals surface area contributed by atoms with Crippen LogP contribution in [-0.2, 0) is 4.74 Å². The van der Waals surface area contributed by atoms with Gasteiger partial charge in [0, 0.05) is 12.5 Å². The van der Waals surface area contributed by atoms with E-state index in [1.165, 1.54) is 0 Å². The molecule has 8 heavy (non-hydrogen) atoms. The minimum absolute atomic E-state index is 0.576. The van der Waals surface area contributed by atoms with Gasteiger partial charge in [-0.1, -0.05) is 12.2 Å². The normalized spacial score (nSPS) is 10.8. The van der Waals surface area contributed by atoms with E-state index in [0.29, 0.717) is 12.5 Å². The lowest BCUT2D eigenvalue weighted by atomic mass is 10.5. The van der Waals surface area contributed by atoms with E-state index < -0.39 is 0 Å². The maximum absolute atomic E-state index is 5.34. The van der Waals surface area contributed by atoms with Crippen LogP contribution in [0.3, 0.4) is 0 Å². The molecule has 1 nitrogen and oxygen atoms in total. The van der Waals surface area contributed by atoms with Crippen molar-refractivity contribution in [1.29, 1.82) is 0 Å². The van der Waals surface area contributed by atoms with Crippen molar-refractivity contribution in [2.45, 2.75) is 6.92 Å². The van der Waals surface area contributed by atoms with Crippen LogP contribution >= 0.6 is 11.6 Å². The summed E-state index contributed by atoms with van der Waals surface area (Å²) in [6.45, 7) is 3.42. The molecule has 0 aliphatic heterocycles. The second-order valence-electron chi connectivity index (χ2n) is 1.29. The molecule has 0 radical (unpaired) electrons. The van der Waals surface area contributed by atoms with Crippen molar-refractivity contribution >= 4 is 11.6 Å². The Bertz CT molecular complexity index is 61.5. The minimum atomic E-state index is 0.576. The lowest BCUT2D eigenvalue weighted by Crippen LogP contribution is -1.87. The van der Waals surface area contributed by atoms with E-state index in [0.717, 1.165) is 6.61 Å². The first-order chi connectivity index (χ1) is 3.91. The molecule has 0 saturated heterocycles. The van der Waals surface area contributed by atoms with Gasteiger partial charge in [-0.3, -0.25) is 0 Å². The fraction of sp³-hybridized carbons (Fsp3) is 0.667. The molecule has 0 aromatic rings. The third-order valence-corrected chi connectivity index (χ3v) is 0.852. The summed E-state index contributed by atoms with van der Waals surface area (Å²) in [5.41, 5.74) is 0. The molecule has 0 aliphatic carbocycles. The van der Waals surface area contributed by atoms with Gasteiger partial charge in [0.25, 0.3) is 0 Å². The Balaban J connectivity index is 2.80. The van der Waals surface area contributed by atoms with Gasteiger partial charge in [0.1, 0.15) is 0 Å². The Kier molecular flexibility index (Phi) is 6.98. The maximum atomic E-state index is 5.34. The van der Waals surface area contributed by atoms with Crippen LogP contribution in [0.25, 0.3) is 0 Å². The zero-order valence-electron chi connectivity index (χ0n) is 5.06. The summed E-state index contributed by atoms with van der Waals surface area (Å²) >= 11 is 5.34. The molecule has 2 heteroatoms. The van der Waals surface area contributed by atoms with Crippen molar-refractivity contribution in [3.05, 3.63) is 12.2 Å². The van der Waals surface area contributed by atoms with Crippen LogP contribution < -0.4 is 0 Å². The van der Waals surface area contributed by atoms with Crippen LogP contribution in [0.5, 0.6) is 0 Å². The zero-order valence-corrected chi connectivity index (χ0v) is 5.82. The first kappa shape index (κ1) is 7.99. The quantitative estimate of drug-likeness (QED) is 0.324. The smallest absolute Gasteiger partial charge is 0.0647 e. The van der Waals surface area contributed by atoms with Crippen LogP contribution in [-0.4, -0.2) is 19.1 Å². The van der Waals surface area contributed by atoms with Crippen LogP contribution in [0.2, 0.25) is 0 Å². The Morgan fingerprint density at radius 2 is 2.25 bits per heavy atom. The largest absolute Gasteiger partial charge is 0.378 e. The van der Waals surface area contributed by atoms with E-state index in [9.17, 15) is 0 Å². The molecule has 0 amide bonds. The van der Waals surface area contributed by atoms with Crippen molar-refractivity contribution in [3.8, 4) is 0 Å². The predicted molar refractivity (Wildman–Crippen MR) is 36.4 cm³/mol. The second kappa shape index (κ2) is 6.99. The lowest BCUT2D eigenvalue weighted by Gasteiger charge is -1.90. The number of alkyl halides is 1. The fourth-order valence-corrected chi connectivity index (χ4v) is 0.443. The number of halogens is 1. The first-order valence-corrected chi connectivity index (χ1v) is 3.24. The highest BCUT2D eigenvalue weighted by Gasteiger charge is 1.72. The monoisotopic (exact) mass is 134 g/mol. The summed E-state index contributed by atoms with van der Waals surface area (Å²) < 4.78 is 4.99. The molecule has 0 fully saturated rings. The third kappa shape index (κ3) is 5.99. The minimum Gasteiger partial charge on any atom is -0.378 e. The summed E-state index contributed by atoms with van der Waals surface area (Å²) in [5, 5.41) is 0. The highest BCUT2D eigenvalue weighted by atomic mass is 35.5. The van der Waals surface area contributed by atoms with Gasteiger partial charge in [-0.2, -0.15) is 0 Å². The van der Waals surface area contributed by atoms with Crippen molar-refractivity contribution in [1.82, 2.24) is 0 Å². The van der Waals surface area contributed by atoms with E-state index in [1.807, 2.05) is 19.1 Å². The topological polar surface area (TPSA) is 9.23 Å². The standard InChI is InChI=1S/C6H11ClO/c1-2-8-6-4-3-5-7/h3-4H,2,5-6H2,1H3. The van der Waals surface area contributed by atoms with Crippen molar-refractivity contribution in [2.24, 2.45) is 0 Å². The van der Waals surface area contributed by atoms with E-state index in [1.54, 1.807) is 0 Å². The third-order valence-electron chi connectivity index (χ3n) is 0.674. The molecule has 0 aromatic heterocycles. The Morgan fingerprint density at radius 3 is 2.75 bits per heavy atom. The fourth-order valence-electron chi connectivity index (χ4n) is 0.317. The second-order valence-corrected chi connectivity index (χ2v) is 1.59. The lowest BCUT2D eigenvalue weighted by molar-refractivity contribution is 0.177. The van der Waals surface area contributed by atoms with Gasteiger partial charge in [-0.25, -0.2) is 0 Å². The first-order valence-electron chi connectivity index (χ1n) is 2.70. The predicted octanol–water partition coefficient (Wildman–Crippen LogP) is 1.82. The van der Waals surface area contributed by atoms with Gasteiger partial charge in [0.05, 0.1) is 6.61 Å². The Labute approximate surface area is 55.3 Å². The highest BCUT2D eigenvalue weighted by molar-refractivity contribution is 6.18. The van der Waals surface area contributed by atoms with Crippen molar-refractivity contribution in [3.63, 3.8) is 0 Å². The van der Waals surface area contributed by atoms with E-state index in [4.69, 9.17) is 16.3 Å². The number of ether oxygens (including phenoxy) is 1. The van der Waals surface area contributed by atoms with Gasteiger partial charge >= 0.3 is 0 Å². The number of rotatable bonds is 4. The molecule has 0 spiro atoms. The molecule has 0 atom stereocenters. The molecule has 48 valence electrons. The van der Waals surface area contributed by atoms with Crippen LogP contribution in [0, 0.1) is 0 Å². The summed E-state index contributed by atoms with van der Waals surface area (Å²) in [6, 6.07) is 0. The molecule has 0 heterocycles. The van der Waals surface area contributed by atoms with Crippen molar-refractivity contribution in [2.75, 3.05) is 19.1 Å². The average Bonchev–Trinajstić information content (AvgIpc) is 1.81. The van der Waals surface area contributed by atoms with Gasteiger partial charge in [0.2, 0.25) is 0 Å².